The summed E-state index contributed by atoms with van der Waals surface area (Å²) in [6.45, 7) is 0. The summed E-state index contributed by atoms with van der Waals surface area (Å²) in [5, 5.41) is 13.1. The van der Waals surface area contributed by atoms with E-state index in [4.69, 9.17) is 5.84 Å². The average molecular weight is 326 g/mol. The molecule has 0 radical (unpaired) electrons. The van der Waals surface area contributed by atoms with E-state index in [0.29, 0.717) is 11.1 Å². The third kappa shape index (κ3) is 4.24. The van der Waals surface area contributed by atoms with Crippen LogP contribution in [0, 0.1) is 10.1 Å². The van der Waals surface area contributed by atoms with Gasteiger partial charge >= 0.3 is 0 Å². The van der Waals surface area contributed by atoms with Crippen molar-refractivity contribution in [3.8, 4) is 0 Å². The fraction of sp³-hybridized carbons (Fsp3) is 0. The van der Waals surface area contributed by atoms with Gasteiger partial charge in [0.15, 0.2) is 0 Å². The monoisotopic (exact) mass is 326 g/mol. The maximum Gasteiger partial charge on any atom is 0.281 e. The molecule has 8 heteroatoms. The Kier molecular flexibility index (Phi) is 5.37. The fourth-order valence-corrected chi connectivity index (χ4v) is 1.88. The zero-order valence-corrected chi connectivity index (χ0v) is 12.4. The predicted molar refractivity (Wildman–Crippen MR) is 87.3 cm³/mol. The van der Waals surface area contributed by atoms with Crippen molar-refractivity contribution in [1.29, 1.82) is 0 Å². The molecule has 0 atom stereocenters. The van der Waals surface area contributed by atoms with Crippen molar-refractivity contribution >= 4 is 23.6 Å². The van der Waals surface area contributed by atoms with Crippen LogP contribution in [0.4, 0.5) is 5.69 Å². The molecular weight excluding hydrogens is 312 g/mol. The number of nitrogens with zero attached hydrogens (tertiary/aromatic N) is 1. The summed E-state index contributed by atoms with van der Waals surface area (Å²) in [6.07, 6.45) is 1.37. The molecule has 0 aliphatic heterocycles. The SMILES string of the molecule is NNC(=O)C(=Cc1ccc([N+](=O)[O-])cc1)NC(=O)c1ccccc1. The molecule has 0 aromatic heterocycles. The van der Waals surface area contributed by atoms with Gasteiger partial charge in [-0.2, -0.15) is 0 Å². The smallest absolute Gasteiger partial charge is 0.281 e. The van der Waals surface area contributed by atoms with Crippen LogP contribution in [0.25, 0.3) is 6.08 Å². The lowest BCUT2D eigenvalue weighted by molar-refractivity contribution is -0.384. The largest absolute Gasteiger partial charge is 0.317 e. The number of carbonyl (C=O) groups excluding carboxylic acids is 2. The van der Waals surface area contributed by atoms with Crippen molar-refractivity contribution in [2.75, 3.05) is 0 Å². The highest BCUT2D eigenvalue weighted by atomic mass is 16.6. The minimum atomic E-state index is -0.697. The molecule has 4 N–H and O–H groups in total. The van der Waals surface area contributed by atoms with E-state index in [1.54, 1.807) is 30.3 Å². The van der Waals surface area contributed by atoms with E-state index in [1.807, 2.05) is 5.43 Å². The zero-order valence-electron chi connectivity index (χ0n) is 12.4. The summed E-state index contributed by atoms with van der Waals surface area (Å²) in [6, 6.07) is 13.8. The van der Waals surface area contributed by atoms with E-state index in [2.05, 4.69) is 5.32 Å². The highest BCUT2D eigenvalue weighted by Gasteiger charge is 2.13. The Morgan fingerprint density at radius 3 is 2.21 bits per heavy atom. The van der Waals surface area contributed by atoms with Crippen LogP contribution in [-0.2, 0) is 4.79 Å². The minimum absolute atomic E-state index is 0.0784. The Morgan fingerprint density at radius 2 is 1.67 bits per heavy atom. The molecule has 2 aromatic carbocycles. The van der Waals surface area contributed by atoms with Crippen LogP contribution in [0.2, 0.25) is 0 Å². The molecule has 122 valence electrons. The number of carbonyl (C=O) groups is 2. The quantitative estimate of drug-likeness (QED) is 0.251. The Morgan fingerprint density at radius 1 is 1.04 bits per heavy atom. The van der Waals surface area contributed by atoms with Crippen molar-refractivity contribution in [2.45, 2.75) is 0 Å². The lowest BCUT2D eigenvalue weighted by atomic mass is 10.1. The summed E-state index contributed by atoms with van der Waals surface area (Å²) < 4.78 is 0. The van der Waals surface area contributed by atoms with Crippen molar-refractivity contribution in [2.24, 2.45) is 5.84 Å². The van der Waals surface area contributed by atoms with Crippen molar-refractivity contribution in [1.82, 2.24) is 10.7 Å². The second-order valence-corrected chi connectivity index (χ2v) is 4.70. The van der Waals surface area contributed by atoms with Gasteiger partial charge in [0.1, 0.15) is 5.70 Å². The van der Waals surface area contributed by atoms with Gasteiger partial charge in [0.05, 0.1) is 4.92 Å². The Labute approximate surface area is 137 Å². The number of amides is 2. The molecule has 0 spiro atoms. The number of hydrazine groups is 1. The van der Waals surface area contributed by atoms with Crippen LogP contribution in [0.15, 0.2) is 60.3 Å². The summed E-state index contributed by atoms with van der Waals surface area (Å²) in [5.41, 5.74) is 2.65. The summed E-state index contributed by atoms with van der Waals surface area (Å²) in [7, 11) is 0. The van der Waals surface area contributed by atoms with Crippen LogP contribution < -0.4 is 16.6 Å². The molecule has 2 rings (SSSR count). The number of nitrogens with one attached hydrogen (secondary N) is 2. The number of rotatable bonds is 5. The molecule has 0 unspecified atom stereocenters. The number of nitro benzene ring substituents is 1. The first-order valence-electron chi connectivity index (χ1n) is 6.85. The first kappa shape index (κ1) is 16.8. The summed E-state index contributed by atoms with van der Waals surface area (Å²) >= 11 is 0. The standard InChI is InChI=1S/C16H14N4O4/c17-19-16(22)14(18-15(21)12-4-2-1-3-5-12)10-11-6-8-13(9-7-11)20(23)24/h1-10H,17H2,(H,18,21)(H,19,22). The van der Waals surface area contributed by atoms with Crippen LogP contribution in [0.3, 0.4) is 0 Å². The fourth-order valence-electron chi connectivity index (χ4n) is 1.88. The molecule has 0 aliphatic carbocycles. The molecule has 24 heavy (non-hydrogen) atoms. The van der Waals surface area contributed by atoms with Gasteiger partial charge in [-0.05, 0) is 35.9 Å². The number of nitrogens with two attached hydrogens (primary N) is 1. The number of benzene rings is 2. The maximum atomic E-state index is 12.1. The molecule has 0 heterocycles. The Hall–Kier alpha value is -3.52. The van der Waals surface area contributed by atoms with Gasteiger partial charge in [-0.15, -0.1) is 0 Å². The highest BCUT2D eigenvalue weighted by Crippen LogP contribution is 2.14. The van der Waals surface area contributed by atoms with Gasteiger partial charge in [0.25, 0.3) is 17.5 Å². The highest BCUT2D eigenvalue weighted by molar-refractivity contribution is 6.05. The average Bonchev–Trinajstić information content (AvgIpc) is 2.61. The predicted octanol–water partition coefficient (Wildman–Crippen LogP) is 1.36. The Bertz CT molecular complexity index is 785. The molecule has 0 aliphatic rings. The molecule has 0 saturated carbocycles. The lowest BCUT2D eigenvalue weighted by Crippen LogP contribution is -2.38. The zero-order chi connectivity index (χ0) is 17.5. The second kappa shape index (κ2) is 7.65. The third-order valence-electron chi connectivity index (χ3n) is 3.07. The molecule has 8 nitrogen and oxygen atoms in total. The van der Waals surface area contributed by atoms with E-state index >= 15 is 0 Å². The molecule has 0 fully saturated rings. The molecule has 0 saturated heterocycles. The lowest BCUT2D eigenvalue weighted by Gasteiger charge is -2.09. The van der Waals surface area contributed by atoms with Crippen LogP contribution in [0.1, 0.15) is 15.9 Å². The van der Waals surface area contributed by atoms with E-state index < -0.39 is 16.7 Å². The molecule has 2 aromatic rings. The van der Waals surface area contributed by atoms with Crippen molar-refractivity contribution in [3.05, 3.63) is 81.5 Å². The third-order valence-corrected chi connectivity index (χ3v) is 3.07. The van der Waals surface area contributed by atoms with Gasteiger partial charge in [-0.25, -0.2) is 5.84 Å². The maximum absolute atomic E-state index is 12.1. The van der Waals surface area contributed by atoms with Gasteiger partial charge < -0.3 is 5.32 Å². The van der Waals surface area contributed by atoms with E-state index in [-0.39, 0.29) is 11.4 Å². The van der Waals surface area contributed by atoms with Gasteiger partial charge in [0, 0.05) is 17.7 Å². The van der Waals surface area contributed by atoms with Crippen LogP contribution >= 0.6 is 0 Å². The number of non-ortho nitro benzene ring substituents is 1. The van der Waals surface area contributed by atoms with Crippen LogP contribution in [-0.4, -0.2) is 16.7 Å². The molecule has 0 bridgehead atoms. The van der Waals surface area contributed by atoms with Gasteiger partial charge in [0.2, 0.25) is 0 Å². The number of hydrogen-bond donors (Lipinski definition) is 3. The number of hydrogen-bond acceptors (Lipinski definition) is 5. The number of nitro groups is 1. The van der Waals surface area contributed by atoms with Gasteiger partial charge in [-0.1, -0.05) is 18.2 Å². The molecular formula is C16H14N4O4. The van der Waals surface area contributed by atoms with E-state index in [0.717, 1.165) is 0 Å². The minimum Gasteiger partial charge on any atom is -0.317 e. The summed E-state index contributed by atoms with van der Waals surface area (Å²) in [5.74, 6) is 3.95. The second-order valence-electron chi connectivity index (χ2n) is 4.70. The van der Waals surface area contributed by atoms with E-state index in [1.165, 1.54) is 30.3 Å². The van der Waals surface area contributed by atoms with Crippen LogP contribution in [0.5, 0.6) is 0 Å². The van der Waals surface area contributed by atoms with Gasteiger partial charge in [-0.3, -0.25) is 25.1 Å². The normalized spacial score (nSPS) is 10.8. The van der Waals surface area contributed by atoms with E-state index in [9.17, 15) is 19.7 Å². The van der Waals surface area contributed by atoms with Crippen molar-refractivity contribution in [3.63, 3.8) is 0 Å². The van der Waals surface area contributed by atoms with Crippen molar-refractivity contribution < 1.29 is 14.5 Å². The topological polar surface area (TPSA) is 127 Å². The summed E-state index contributed by atoms with van der Waals surface area (Å²) in [4.78, 5) is 34.1. The first-order valence-corrected chi connectivity index (χ1v) is 6.85. The molecule has 2 amide bonds. The first-order chi connectivity index (χ1) is 11.5. The Balaban J connectivity index is 2.26.